The summed E-state index contributed by atoms with van der Waals surface area (Å²) in [6.07, 6.45) is 0. The zero-order valence-corrected chi connectivity index (χ0v) is 14.2. The molecule has 114 valence electrons. The minimum absolute atomic E-state index is 0.732. The summed E-state index contributed by atoms with van der Waals surface area (Å²) in [5.74, 6) is 1.56. The summed E-state index contributed by atoms with van der Waals surface area (Å²) in [6, 6.07) is 8.19. The number of aromatic nitrogens is 3. The summed E-state index contributed by atoms with van der Waals surface area (Å²) < 4.78 is 5.96. The van der Waals surface area contributed by atoms with Gasteiger partial charge in [0.1, 0.15) is 5.76 Å². The molecule has 22 heavy (non-hydrogen) atoms. The third kappa shape index (κ3) is 3.66. The topological polar surface area (TPSA) is 63.8 Å². The number of nitrogens with zero attached hydrogens (tertiary/aromatic N) is 3. The van der Waals surface area contributed by atoms with Gasteiger partial charge >= 0.3 is 0 Å². The number of thioether (sulfide) groups is 1. The second kappa shape index (κ2) is 6.50. The van der Waals surface area contributed by atoms with Crippen molar-refractivity contribution < 1.29 is 4.52 Å². The summed E-state index contributed by atoms with van der Waals surface area (Å²) in [6.45, 7) is 6.09. The molecular formula is C15H16N4OS2. The van der Waals surface area contributed by atoms with Crippen LogP contribution < -0.4 is 5.32 Å². The van der Waals surface area contributed by atoms with E-state index < -0.39 is 0 Å². The molecule has 0 atom stereocenters. The van der Waals surface area contributed by atoms with Crippen molar-refractivity contribution in [1.29, 1.82) is 0 Å². The van der Waals surface area contributed by atoms with E-state index in [1.165, 1.54) is 22.5 Å². The molecule has 5 nitrogen and oxygen atoms in total. The number of anilines is 2. The predicted octanol–water partition coefficient (Wildman–Crippen LogP) is 4.49. The van der Waals surface area contributed by atoms with Crippen molar-refractivity contribution >= 4 is 33.9 Å². The fraction of sp³-hybridized carbons (Fsp3) is 0.267. The highest BCUT2D eigenvalue weighted by molar-refractivity contribution is 8.00. The van der Waals surface area contributed by atoms with Gasteiger partial charge in [0.05, 0.1) is 5.69 Å². The van der Waals surface area contributed by atoms with Crippen LogP contribution in [0.1, 0.15) is 22.6 Å². The van der Waals surface area contributed by atoms with Gasteiger partial charge in [-0.15, -0.1) is 10.2 Å². The van der Waals surface area contributed by atoms with Crippen molar-refractivity contribution in [2.45, 2.75) is 30.9 Å². The van der Waals surface area contributed by atoms with Gasteiger partial charge in [-0.2, -0.15) is 0 Å². The van der Waals surface area contributed by atoms with E-state index in [0.717, 1.165) is 32.4 Å². The van der Waals surface area contributed by atoms with Gasteiger partial charge in [-0.25, -0.2) is 0 Å². The molecule has 0 saturated carbocycles. The minimum Gasteiger partial charge on any atom is -0.361 e. The molecule has 2 heterocycles. The van der Waals surface area contributed by atoms with Crippen LogP contribution in [0.3, 0.4) is 0 Å². The van der Waals surface area contributed by atoms with Crippen molar-refractivity contribution in [3.05, 3.63) is 46.8 Å². The Morgan fingerprint density at radius 3 is 2.73 bits per heavy atom. The van der Waals surface area contributed by atoms with Crippen LogP contribution in [0.15, 0.2) is 33.1 Å². The van der Waals surface area contributed by atoms with Crippen LogP contribution in [0, 0.1) is 20.8 Å². The molecule has 1 aromatic carbocycles. The first kappa shape index (κ1) is 15.1. The first-order valence-corrected chi connectivity index (χ1v) is 8.63. The first-order chi connectivity index (χ1) is 10.6. The summed E-state index contributed by atoms with van der Waals surface area (Å²) >= 11 is 3.14. The standard InChI is InChI=1S/C15H16N4OS2/c1-9-4-5-12(6-10(9)2)16-14-17-18-15(22-14)21-8-13-7-11(3)20-19-13/h4-7H,8H2,1-3H3,(H,16,17). The molecule has 3 rings (SSSR count). The Balaban J connectivity index is 1.62. The highest BCUT2D eigenvalue weighted by Crippen LogP contribution is 2.30. The van der Waals surface area contributed by atoms with Crippen molar-refractivity contribution in [1.82, 2.24) is 15.4 Å². The maximum absolute atomic E-state index is 5.05. The Labute approximate surface area is 137 Å². The zero-order chi connectivity index (χ0) is 15.5. The molecule has 0 unspecified atom stereocenters. The highest BCUT2D eigenvalue weighted by Gasteiger charge is 2.08. The fourth-order valence-corrected chi connectivity index (χ4v) is 3.54. The number of nitrogens with one attached hydrogen (secondary N) is 1. The summed E-state index contributed by atoms with van der Waals surface area (Å²) in [4.78, 5) is 0. The maximum atomic E-state index is 5.05. The second-order valence-corrected chi connectivity index (χ2v) is 7.21. The maximum Gasteiger partial charge on any atom is 0.210 e. The Bertz CT molecular complexity index is 781. The molecule has 0 fully saturated rings. The number of hydrogen-bond acceptors (Lipinski definition) is 7. The molecule has 0 spiro atoms. The molecule has 0 radical (unpaired) electrons. The molecule has 0 aliphatic carbocycles. The van der Waals surface area contributed by atoms with Crippen molar-refractivity contribution in [3.63, 3.8) is 0 Å². The minimum atomic E-state index is 0.732. The first-order valence-electron chi connectivity index (χ1n) is 6.83. The SMILES string of the molecule is Cc1cc(CSc2nnc(Nc3ccc(C)c(C)c3)s2)no1. The predicted molar refractivity (Wildman–Crippen MR) is 89.9 cm³/mol. The average Bonchev–Trinajstić information content (AvgIpc) is 3.10. The monoisotopic (exact) mass is 332 g/mol. The molecule has 0 aliphatic rings. The van der Waals surface area contributed by atoms with E-state index in [9.17, 15) is 0 Å². The van der Waals surface area contributed by atoms with Crippen LogP contribution in [0.5, 0.6) is 0 Å². The largest absolute Gasteiger partial charge is 0.361 e. The van der Waals surface area contributed by atoms with Crippen molar-refractivity contribution in [2.75, 3.05) is 5.32 Å². The number of benzene rings is 1. The van der Waals surface area contributed by atoms with Gasteiger partial charge in [-0.3, -0.25) is 0 Å². The fourth-order valence-electron chi connectivity index (χ4n) is 1.88. The van der Waals surface area contributed by atoms with E-state index in [1.807, 2.05) is 13.0 Å². The van der Waals surface area contributed by atoms with E-state index in [0.29, 0.717) is 0 Å². The van der Waals surface area contributed by atoms with Crippen molar-refractivity contribution in [2.24, 2.45) is 0 Å². The number of hydrogen-bond donors (Lipinski definition) is 1. The molecule has 0 saturated heterocycles. The lowest BCUT2D eigenvalue weighted by Crippen LogP contribution is -1.91. The van der Waals surface area contributed by atoms with Gasteiger partial charge in [0, 0.05) is 17.5 Å². The Morgan fingerprint density at radius 1 is 1.14 bits per heavy atom. The average molecular weight is 332 g/mol. The van der Waals surface area contributed by atoms with Crippen LogP contribution in [0.2, 0.25) is 0 Å². The van der Waals surface area contributed by atoms with Gasteiger partial charge in [-0.1, -0.05) is 34.3 Å². The molecule has 3 aromatic rings. The van der Waals surface area contributed by atoms with Gasteiger partial charge < -0.3 is 9.84 Å². The van der Waals surface area contributed by atoms with Gasteiger partial charge in [0.2, 0.25) is 5.13 Å². The third-order valence-electron chi connectivity index (χ3n) is 3.18. The highest BCUT2D eigenvalue weighted by atomic mass is 32.2. The number of rotatable bonds is 5. The Kier molecular flexibility index (Phi) is 4.44. The van der Waals surface area contributed by atoms with E-state index in [2.05, 4.69) is 52.7 Å². The summed E-state index contributed by atoms with van der Waals surface area (Å²) in [7, 11) is 0. The van der Waals surface area contributed by atoms with Crippen LogP contribution in [0.25, 0.3) is 0 Å². The molecule has 2 aromatic heterocycles. The molecule has 1 N–H and O–H groups in total. The Morgan fingerprint density at radius 2 is 2.00 bits per heavy atom. The molecular weight excluding hydrogens is 316 g/mol. The van der Waals surface area contributed by atoms with E-state index in [4.69, 9.17) is 4.52 Å². The quantitative estimate of drug-likeness (QED) is 0.695. The van der Waals surface area contributed by atoms with Crippen LogP contribution in [0.4, 0.5) is 10.8 Å². The lowest BCUT2D eigenvalue weighted by molar-refractivity contribution is 0.393. The van der Waals surface area contributed by atoms with E-state index in [-0.39, 0.29) is 0 Å². The molecule has 0 amide bonds. The summed E-state index contributed by atoms with van der Waals surface area (Å²) in [5, 5.41) is 16.4. The van der Waals surface area contributed by atoms with E-state index >= 15 is 0 Å². The summed E-state index contributed by atoms with van der Waals surface area (Å²) in [5.41, 5.74) is 4.48. The Hall–Kier alpha value is -1.86. The lowest BCUT2D eigenvalue weighted by atomic mass is 10.1. The smallest absolute Gasteiger partial charge is 0.210 e. The van der Waals surface area contributed by atoms with Crippen molar-refractivity contribution in [3.8, 4) is 0 Å². The third-order valence-corrected chi connectivity index (χ3v) is 5.19. The second-order valence-electron chi connectivity index (χ2n) is 5.01. The lowest BCUT2D eigenvalue weighted by Gasteiger charge is -2.05. The van der Waals surface area contributed by atoms with Gasteiger partial charge in [0.25, 0.3) is 0 Å². The van der Waals surface area contributed by atoms with Gasteiger partial charge in [0.15, 0.2) is 4.34 Å². The van der Waals surface area contributed by atoms with Gasteiger partial charge in [-0.05, 0) is 44.0 Å². The molecule has 0 bridgehead atoms. The van der Waals surface area contributed by atoms with Crippen LogP contribution in [-0.4, -0.2) is 15.4 Å². The zero-order valence-electron chi connectivity index (χ0n) is 12.6. The van der Waals surface area contributed by atoms with Crippen LogP contribution >= 0.6 is 23.1 Å². The normalized spacial score (nSPS) is 10.9. The number of aryl methyl sites for hydroxylation is 3. The molecule has 0 aliphatic heterocycles. The van der Waals surface area contributed by atoms with Crippen LogP contribution in [-0.2, 0) is 5.75 Å². The molecule has 7 heteroatoms. The van der Waals surface area contributed by atoms with E-state index in [1.54, 1.807) is 11.8 Å².